The van der Waals surface area contributed by atoms with Gasteiger partial charge in [0.15, 0.2) is 6.29 Å². The highest BCUT2D eigenvalue weighted by Gasteiger charge is 2.24. The van der Waals surface area contributed by atoms with Crippen LogP contribution in [0.3, 0.4) is 0 Å². The zero-order chi connectivity index (χ0) is 14.0. The SMILES string of the molecule is CC(C)NS(=O)(=O)c1occc1-c1ccc(C=O)s1. The van der Waals surface area contributed by atoms with Crippen molar-refractivity contribution in [3.63, 3.8) is 0 Å². The third-order valence-corrected chi connectivity index (χ3v) is 4.90. The first-order chi connectivity index (χ1) is 8.94. The van der Waals surface area contributed by atoms with Gasteiger partial charge in [-0.05, 0) is 32.0 Å². The number of hydrogen-bond donors (Lipinski definition) is 1. The highest BCUT2D eigenvalue weighted by Crippen LogP contribution is 2.33. The summed E-state index contributed by atoms with van der Waals surface area (Å²) < 4.78 is 31.8. The Morgan fingerprint density at radius 2 is 2.05 bits per heavy atom. The molecule has 0 aromatic carbocycles. The molecule has 19 heavy (non-hydrogen) atoms. The van der Waals surface area contributed by atoms with E-state index in [9.17, 15) is 13.2 Å². The maximum absolute atomic E-state index is 12.1. The van der Waals surface area contributed by atoms with Crippen LogP contribution in [0.15, 0.2) is 34.0 Å². The van der Waals surface area contributed by atoms with Gasteiger partial charge < -0.3 is 4.42 Å². The van der Waals surface area contributed by atoms with Gasteiger partial charge in [0.25, 0.3) is 10.0 Å². The fraction of sp³-hybridized carbons (Fsp3) is 0.250. The molecule has 0 aliphatic rings. The number of hydrogen-bond acceptors (Lipinski definition) is 5. The number of rotatable bonds is 5. The van der Waals surface area contributed by atoms with E-state index in [2.05, 4.69) is 4.72 Å². The van der Waals surface area contributed by atoms with Crippen LogP contribution >= 0.6 is 11.3 Å². The number of sulfonamides is 1. The lowest BCUT2D eigenvalue weighted by Crippen LogP contribution is -2.30. The smallest absolute Gasteiger partial charge is 0.274 e. The molecule has 0 amide bonds. The Morgan fingerprint density at radius 1 is 1.32 bits per heavy atom. The number of carbonyl (C=O) groups excluding carboxylic acids is 1. The maximum atomic E-state index is 12.1. The van der Waals surface area contributed by atoms with Crippen LogP contribution in [0.25, 0.3) is 10.4 Å². The molecule has 5 nitrogen and oxygen atoms in total. The zero-order valence-corrected chi connectivity index (χ0v) is 12.0. The summed E-state index contributed by atoms with van der Waals surface area (Å²) >= 11 is 1.22. The fourth-order valence-electron chi connectivity index (χ4n) is 1.61. The summed E-state index contributed by atoms with van der Waals surface area (Å²) in [6.07, 6.45) is 2.05. The summed E-state index contributed by atoms with van der Waals surface area (Å²) in [5.74, 6) is 0. The van der Waals surface area contributed by atoms with Crippen molar-refractivity contribution in [2.24, 2.45) is 0 Å². The van der Waals surface area contributed by atoms with Crippen molar-refractivity contribution >= 4 is 27.6 Å². The van der Waals surface area contributed by atoms with E-state index in [-0.39, 0.29) is 11.1 Å². The molecule has 2 heterocycles. The van der Waals surface area contributed by atoms with Crippen LogP contribution in [0.5, 0.6) is 0 Å². The second-order valence-corrected chi connectivity index (χ2v) is 6.95. The summed E-state index contributed by atoms with van der Waals surface area (Å²) in [6.45, 7) is 3.46. The molecule has 2 rings (SSSR count). The lowest BCUT2D eigenvalue weighted by atomic mass is 10.3. The molecule has 2 aromatic rings. The van der Waals surface area contributed by atoms with Crippen molar-refractivity contribution in [3.8, 4) is 10.4 Å². The molecule has 0 atom stereocenters. The van der Waals surface area contributed by atoms with Crippen LogP contribution in [0, 0.1) is 0 Å². The van der Waals surface area contributed by atoms with Crippen molar-refractivity contribution < 1.29 is 17.6 Å². The van der Waals surface area contributed by atoms with Crippen LogP contribution < -0.4 is 4.72 Å². The molecule has 0 aliphatic heterocycles. The number of furan rings is 1. The highest BCUT2D eigenvalue weighted by molar-refractivity contribution is 7.89. The molecule has 0 fully saturated rings. The topological polar surface area (TPSA) is 76.4 Å². The van der Waals surface area contributed by atoms with Gasteiger partial charge >= 0.3 is 0 Å². The van der Waals surface area contributed by atoms with Gasteiger partial charge in [-0.15, -0.1) is 11.3 Å². The van der Waals surface area contributed by atoms with E-state index in [0.717, 1.165) is 6.29 Å². The predicted octanol–water partition coefficient (Wildman–Crippen LogP) is 2.51. The van der Waals surface area contributed by atoms with Gasteiger partial charge in [-0.1, -0.05) is 0 Å². The van der Waals surface area contributed by atoms with Gasteiger partial charge in [0.1, 0.15) is 0 Å². The average molecular weight is 299 g/mol. The summed E-state index contributed by atoms with van der Waals surface area (Å²) in [6, 6.07) is 4.70. The van der Waals surface area contributed by atoms with Gasteiger partial charge in [0.2, 0.25) is 5.09 Å². The lowest BCUT2D eigenvalue weighted by Gasteiger charge is -2.08. The van der Waals surface area contributed by atoms with Crippen molar-refractivity contribution in [1.29, 1.82) is 0 Å². The standard InChI is InChI=1S/C12H13NO4S2/c1-8(2)13-19(15,16)12-10(5-6-17-12)11-4-3-9(7-14)18-11/h3-8,13H,1-2H3. The number of aldehydes is 1. The van der Waals surface area contributed by atoms with Crippen molar-refractivity contribution in [2.75, 3.05) is 0 Å². The zero-order valence-electron chi connectivity index (χ0n) is 10.4. The van der Waals surface area contributed by atoms with Crippen LogP contribution in [0.1, 0.15) is 23.5 Å². The molecule has 0 bridgehead atoms. The molecule has 2 aromatic heterocycles. The highest BCUT2D eigenvalue weighted by atomic mass is 32.2. The minimum absolute atomic E-state index is 0.125. The average Bonchev–Trinajstić information content (AvgIpc) is 2.96. The Labute approximate surface area is 115 Å². The minimum Gasteiger partial charge on any atom is -0.451 e. The molecule has 0 radical (unpaired) electrons. The van der Waals surface area contributed by atoms with E-state index in [1.165, 1.54) is 17.6 Å². The second-order valence-electron chi connectivity index (χ2n) is 4.22. The molecular weight excluding hydrogens is 286 g/mol. The van der Waals surface area contributed by atoms with E-state index >= 15 is 0 Å². The third-order valence-electron chi connectivity index (χ3n) is 2.27. The van der Waals surface area contributed by atoms with Gasteiger partial charge in [-0.25, -0.2) is 13.1 Å². The minimum atomic E-state index is -3.69. The van der Waals surface area contributed by atoms with Crippen LogP contribution in [-0.2, 0) is 10.0 Å². The second kappa shape index (κ2) is 5.28. The molecule has 0 aliphatic carbocycles. The molecule has 0 saturated carbocycles. The van der Waals surface area contributed by atoms with E-state index in [1.54, 1.807) is 32.0 Å². The van der Waals surface area contributed by atoms with Crippen LogP contribution in [-0.4, -0.2) is 20.7 Å². The Hall–Kier alpha value is -1.44. The molecule has 102 valence electrons. The molecule has 0 saturated heterocycles. The normalized spacial score (nSPS) is 11.9. The maximum Gasteiger partial charge on any atom is 0.274 e. The molecule has 0 unspecified atom stereocenters. The summed E-state index contributed by atoms with van der Waals surface area (Å²) in [7, 11) is -3.69. The first kappa shape index (κ1) is 14.0. The summed E-state index contributed by atoms with van der Waals surface area (Å²) in [5.41, 5.74) is 0.464. The van der Waals surface area contributed by atoms with Crippen LogP contribution in [0.4, 0.5) is 0 Å². The van der Waals surface area contributed by atoms with E-state index in [4.69, 9.17) is 4.42 Å². The first-order valence-electron chi connectivity index (χ1n) is 5.59. The van der Waals surface area contributed by atoms with Gasteiger partial charge in [-0.3, -0.25) is 4.79 Å². The number of carbonyl (C=O) groups is 1. The van der Waals surface area contributed by atoms with Crippen molar-refractivity contribution in [3.05, 3.63) is 29.3 Å². The summed E-state index contributed by atoms with van der Waals surface area (Å²) in [4.78, 5) is 11.9. The van der Waals surface area contributed by atoms with Gasteiger partial charge in [0, 0.05) is 10.9 Å². The summed E-state index contributed by atoms with van der Waals surface area (Å²) in [5, 5.41) is -0.125. The molecular formula is C12H13NO4S2. The largest absolute Gasteiger partial charge is 0.451 e. The number of nitrogens with one attached hydrogen (secondary N) is 1. The monoisotopic (exact) mass is 299 g/mol. The predicted molar refractivity (Wildman–Crippen MR) is 72.9 cm³/mol. The van der Waals surface area contributed by atoms with Gasteiger partial charge in [0.05, 0.1) is 16.7 Å². The van der Waals surface area contributed by atoms with Crippen molar-refractivity contribution in [2.45, 2.75) is 25.0 Å². The van der Waals surface area contributed by atoms with Gasteiger partial charge in [-0.2, -0.15) is 0 Å². The lowest BCUT2D eigenvalue weighted by molar-refractivity contribution is 0.112. The number of thiophene rings is 1. The molecule has 1 N–H and O–H groups in total. The quantitative estimate of drug-likeness (QED) is 0.861. The molecule has 0 spiro atoms. The van der Waals surface area contributed by atoms with E-state index < -0.39 is 10.0 Å². The fourth-order valence-corrected chi connectivity index (χ4v) is 3.90. The van der Waals surface area contributed by atoms with Crippen LogP contribution in [0.2, 0.25) is 0 Å². The Kier molecular flexibility index (Phi) is 3.88. The third kappa shape index (κ3) is 2.94. The molecule has 7 heteroatoms. The Balaban J connectivity index is 2.45. The Bertz CT molecular complexity index is 682. The van der Waals surface area contributed by atoms with Crippen molar-refractivity contribution in [1.82, 2.24) is 4.72 Å². The first-order valence-corrected chi connectivity index (χ1v) is 7.89. The van der Waals surface area contributed by atoms with E-state index in [0.29, 0.717) is 15.3 Å². The van der Waals surface area contributed by atoms with E-state index in [1.807, 2.05) is 0 Å². The Morgan fingerprint density at radius 3 is 2.63 bits per heavy atom.